The fourth-order valence-corrected chi connectivity index (χ4v) is 3.80. The highest BCUT2D eigenvalue weighted by Gasteiger charge is 2.24. The minimum absolute atomic E-state index is 0.0903. The molecule has 1 aliphatic heterocycles. The lowest BCUT2D eigenvalue weighted by atomic mass is 10.0. The van der Waals surface area contributed by atoms with Gasteiger partial charge in [0, 0.05) is 17.6 Å². The third-order valence-corrected chi connectivity index (χ3v) is 5.36. The van der Waals surface area contributed by atoms with Crippen LogP contribution in [0.5, 0.6) is 17.2 Å². The van der Waals surface area contributed by atoms with Gasteiger partial charge in [-0.3, -0.25) is 9.69 Å². The number of phenolic OH excluding ortho intramolecular Hbond substituents is 1. The topological polar surface area (TPSA) is 59.0 Å². The van der Waals surface area contributed by atoms with Crippen molar-refractivity contribution in [3.63, 3.8) is 0 Å². The number of methoxy groups -OCH3 is 2. The quantitative estimate of drug-likeness (QED) is 0.512. The van der Waals surface area contributed by atoms with Gasteiger partial charge >= 0.3 is 0 Å². The number of piperidine rings is 1. The van der Waals surface area contributed by atoms with E-state index >= 15 is 0 Å². The van der Waals surface area contributed by atoms with Gasteiger partial charge < -0.3 is 14.6 Å². The molecule has 1 aliphatic rings. The van der Waals surface area contributed by atoms with E-state index < -0.39 is 0 Å². The fraction of sp³-hybridized carbons (Fsp3) is 0.348. The summed E-state index contributed by atoms with van der Waals surface area (Å²) in [4.78, 5) is 15.2. The van der Waals surface area contributed by atoms with Gasteiger partial charge in [0.1, 0.15) is 22.8 Å². The molecule has 0 bridgehead atoms. The van der Waals surface area contributed by atoms with E-state index in [0.717, 1.165) is 31.5 Å². The highest BCUT2D eigenvalue weighted by atomic mass is 35.5. The van der Waals surface area contributed by atoms with E-state index in [4.69, 9.17) is 21.1 Å². The summed E-state index contributed by atoms with van der Waals surface area (Å²) in [6.07, 6.45) is 6.57. The first kappa shape index (κ1) is 21.2. The number of allylic oxidation sites excluding steroid dienone is 1. The van der Waals surface area contributed by atoms with Gasteiger partial charge in [0.15, 0.2) is 5.78 Å². The Labute approximate surface area is 176 Å². The number of phenols is 1. The van der Waals surface area contributed by atoms with E-state index in [0.29, 0.717) is 22.9 Å². The first-order valence-electron chi connectivity index (χ1n) is 9.70. The summed E-state index contributed by atoms with van der Waals surface area (Å²) in [5.74, 6) is 0.358. The smallest absolute Gasteiger partial charge is 0.193 e. The standard InChI is InChI=1S/C23H26ClNO4/c1-28-20-14-21(29-2)22(19(26)10-9-16-7-6-8-17(24)13-16)23(27)18(20)15-25-11-4-3-5-12-25/h6-10,13-14,27H,3-5,11-12,15H2,1-2H3/b10-9+. The van der Waals surface area contributed by atoms with Crippen LogP contribution in [-0.4, -0.2) is 43.1 Å². The van der Waals surface area contributed by atoms with E-state index in [9.17, 15) is 9.90 Å². The molecule has 1 saturated heterocycles. The van der Waals surface area contributed by atoms with Crippen molar-refractivity contribution in [2.45, 2.75) is 25.8 Å². The van der Waals surface area contributed by atoms with E-state index in [1.165, 1.54) is 19.6 Å². The monoisotopic (exact) mass is 415 g/mol. The predicted octanol–water partition coefficient (Wildman–Crippen LogP) is 4.94. The van der Waals surface area contributed by atoms with Crippen molar-refractivity contribution in [1.82, 2.24) is 4.90 Å². The lowest BCUT2D eigenvalue weighted by Crippen LogP contribution is -2.29. The molecule has 0 spiro atoms. The average molecular weight is 416 g/mol. The van der Waals surface area contributed by atoms with Crippen molar-refractivity contribution in [2.24, 2.45) is 0 Å². The number of carbonyl (C=O) groups excluding carboxylic acids is 1. The minimum Gasteiger partial charge on any atom is -0.507 e. The first-order chi connectivity index (χ1) is 14.0. The van der Waals surface area contributed by atoms with Crippen LogP contribution in [0.2, 0.25) is 5.02 Å². The summed E-state index contributed by atoms with van der Waals surface area (Å²) in [5, 5.41) is 11.6. The summed E-state index contributed by atoms with van der Waals surface area (Å²) < 4.78 is 10.9. The van der Waals surface area contributed by atoms with Crippen LogP contribution in [0.25, 0.3) is 6.08 Å². The molecule has 0 aromatic heterocycles. The third-order valence-electron chi connectivity index (χ3n) is 5.12. The molecule has 0 saturated carbocycles. The Kier molecular flexibility index (Phi) is 7.18. The van der Waals surface area contributed by atoms with Crippen LogP contribution in [0.3, 0.4) is 0 Å². The van der Waals surface area contributed by atoms with E-state index in [1.54, 1.807) is 31.4 Å². The van der Waals surface area contributed by atoms with Crippen LogP contribution in [-0.2, 0) is 6.54 Å². The summed E-state index contributed by atoms with van der Waals surface area (Å²) >= 11 is 6.00. The summed E-state index contributed by atoms with van der Waals surface area (Å²) in [6.45, 7) is 2.45. The molecule has 0 atom stereocenters. The molecule has 3 rings (SSSR count). The highest BCUT2D eigenvalue weighted by Crippen LogP contribution is 2.40. The molecule has 0 amide bonds. The van der Waals surface area contributed by atoms with Crippen LogP contribution in [0.15, 0.2) is 36.4 Å². The number of ether oxygens (including phenoxy) is 2. The molecule has 0 unspecified atom stereocenters. The van der Waals surface area contributed by atoms with Crippen LogP contribution in [0.4, 0.5) is 0 Å². The number of hydrogen-bond donors (Lipinski definition) is 1. The number of carbonyl (C=O) groups is 1. The number of nitrogens with zero attached hydrogens (tertiary/aromatic N) is 1. The van der Waals surface area contributed by atoms with Crippen molar-refractivity contribution in [3.8, 4) is 17.2 Å². The number of halogens is 1. The number of ketones is 1. The molecular weight excluding hydrogens is 390 g/mol. The second-order valence-corrected chi connectivity index (χ2v) is 7.51. The highest BCUT2D eigenvalue weighted by molar-refractivity contribution is 6.30. The van der Waals surface area contributed by atoms with Crippen LogP contribution in [0, 0.1) is 0 Å². The molecule has 5 nitrogen and oxygen atoms in total. The summed E-state index contributed by atoms with van der Waals surface area (Å²) in [5.41, 5.74) is 1.54. The van der Waals surface area contributed by atoms with Gasteiger partial charge in [-0.15, -0.1) is 0 Å². The van der Waals surface area contributed by atoms with Gasteiger partial charge in [0.05, 0.1) is 19.8 Å². The zero-order valence-corrected chi connectivity index (χ0v) is 17.5. The van der Waals surface area contributed by atoms with E-state index in [2.05, 4.69) is 4.90 Å². The van der Waals surface area contributed by atoms with Crippen molar-refractivity contribution in [2.75, 3.05) is 27.3 Å². The van der Waals surface area contributed by atoms with Crippen LogP contribution in [0.1, 0.15) is 40.7 Å². The summed E-state index contributed by atoms with van der Waals surface area (Å²) in [7, 11) is 3.02. The second-order valence-electron chi connectivity index (χ2n) is 7.07. The van der Waals surface area contributed by atoms with Gasteiger partial charge in [-0.1, -0.05) is 36.2 Å². The van der Waals surface area contributed by atoms with Crippen molar-refractivity contribution in [3.05, 3.63) is 58.1 Å². The minimum atomic E-state index is -0.345. The van der Waals surface area contributed by atoms with Crippen LogP contribution < -0.4 is 9.47 Å². The Morgan fingerprint density at radius 1 is 1.14 bits per heavy atom. The third kappa shape index (κ3) is 5.11. The Balaban J connectivity index is 1.95. The largest absolute Gasteiger partial charge is 0.507 e. The SMILES string of the molecule is COc1cc(OC)c(C(=O)/C=C/c2cccc(Cl)c2)c(O)c1CN1CCCCC1. The number of rotatable bonds is 7. The molecule has 2 aromatic rings. The maximum Gasteiger partial charge on any atom is 0.193 e. The zero-order valence-electron chi connectivity index (χ0n) is 16.8. The van der Waals surface area contributed by atoms with Crippen molar-refractivity contribution < 1.29 is 19.4 Å². The molecule has 1 N–H and O–H groups in total. The van der Waals surface area contributed by atoms with Gasteiger partial charge in [0.25, 0.3) is 0 Å². The second kappa shape index (κ2) is 9.81. The number of aromatic hydroxyl groups is 1. The maximum atomic E-state index is 12.9. The Hall–Kier alpha value is -2.50. The number of benzene rings is 2. The maximum absolute atomic E-state index is 12.9. The van der Waals surface area contributed by atoms with Crippen molar-refractivity contribution in [1.29, 1.82) is 0 Å². The lowest BCUT2D eigenvalue weighted by molar-refractivity contribution is 0.104. The van der Waals surface area contributed by atoms with Gasteiger partial charge in [0.2, 0.25) is 0 Å². The Bertz CT molecular complexity index is 904. The average Bonchev–Trinajstić information content (AvgIpc) is 2.74. The first-order valence-corrected chi connectivity index (χ1v) is 10.1. The fourth-order valence-electron chi connectivity index (χ4n) is 3.60. The molecule has 6 heteroatoms. The van der Waals surface area contributed by atoms with Gasteiger partial charge in [-0.2, -0.15) is 0 Å². The van der Waals surface area contributed by atoms with E-state index in [1.807, 2.05) is 12.1 Å². The van der Waals surface area contributed by atoms with Crippen LogP contribution >= 0.6 is 11.6 Å². The number of likely N-dealkylation sites (tertiary alicyclic amines) is 1. The number of hydrogen-bond acceptors (Lipinski definition) is 5. The Morgan fingerprint density at radius 2 is 1.86 bits per heavy atom. The van der Waals surface area contributed by atoms with Gasteiger partial charge in [-0.25, -0.2) is 0 Å². The normalized spacial score (nSPS) is 14.9. The van der Waals surface area contributed by atoms with Gasteiger partial charge in [-0.05, 0) is 49.7 Å². The lowest BCUT2D eigenvalue weighted by Gasteiger charge is -2.28. The molecule has 1 heterocycles. The molecule has 29 heavy (non-hydrogen) atoms. The zero-order chi connectivity index (χ0) is 20.8. The molecule has 154 valence electrons. The molecule has 1 fully saturated rings. The van der Waals surface area contributed by atoms with Crippen molar-refractivity contribution >= 4 is 23.5 Å². The molecular formula is C23H26ClNO4. The summed E-state index contributed by atoms with van der Waals surface area (Å²) in [6, 6.07) is 8.86. The predicted molar refractivity (Wildman–Crippen MR) is 115 cm³/mol. The molecule has 0 radical (unpaired) electrons. The van der Waals surface area contributed by atoms with E-state index in [-0.39, 0.29) is 22.8 Å². The molecule has 0 aliphatic carbocycles. The Morgan fingerprint density at radius 3 is 2.52 bits per heavy atom. The molecule has 2 aromatic carbocycles.